The Balaban J connectivity index is 4.74. The third-order valence-corrected chi connectivity index (χ3v) is 3.26. The molecule has 0 atom stereocenters. The first-order valence-corrected chi connectivity index (χ1v) is 6.94. The Morgan fingerprint density at radius 1 is 1.06 bits per heavy atom. The molecule has 0 saturated carbocycles. The third-order valence-electron chi connectivity index (χ3n) is 3.02. The maximum Gasteiger partial charge on any atom is 0.398 e. The van der Waals surface area contributed by atoms with E-state index in [0.29, 0.717) is 0 Å². The first-order chi connectivity index (χ1) is 7.66. The molecule has 0 aliphatic rings. The third kappa shape index (κ3) is 4.61. The first-order valence-electron chi connectivity index (χ1n) is 6.21. The van der Waals surface area contributed by atoms with Crippen LogP contribution in [0.2, 0.25) is 0 Å². The Morgan fingerprint density at radius 3 is 2.00 bits per heavy atom. The van der Waals surface area contributed by atoms with Crippen molar-refractivity contribution >= 4 is 14.7 Å². The summed E-state index contributed by atoms with van der Waals surface area (Å²) in [6.07, 6.45) is 6.50. The normalized spacial score (nSPS) is 11.7. The van der Waals surface area contributed by atoms with Crippen LogP contribution in [0, 0.1) is 5.41 Å². The van der Waals surface area contributed by atoms with Crippen LogP contribution in [0.5, 0.6) is 0 Å². The molecular formula is C12H23O3P. The van der Waals surface area contributed by atoms with Crippen molar-refractivity contribution in [2.75, 3.05) is 0 Å². The fraction of sp³-hybridized carbons (Fsp3) is 0.917. The van der Waals surface area contributed by atoms with Crippen LogP contribution in [-0.4, -0.2) is 5.97 Å². The van der Waals surface area contributed by atoms with Gasteiger partial charge in [-0.3, -0.25) is 4.79 Å². The molecule has 0 unspecified atom stereocenters. The molecule has 3 nitrogen and oxygen atoms in total. The second-order valence-corrected chi connectivity index (χ2v) is 4.67. The van der Waals surface area contributed by atoms with E-state index >= 15 is 0 Å². The van der Waals surface area contributed by atoms with Gasteiger partial charge in [-0.25, -0.2) is 4.57 Å². The van der Waals surface area contributed by atoms with Gasteiger partial charge in [-0.2, -0.15) is 0 Å². The lowest BCUT2D eigenvalue weighted by atomic mass is 9.75. The van der Waals surface area contributed by atoms with Crippen LogP contribution in [-0.2, 0) is 13.9 Å². The molecule has 0 radical (unpaired) electrons. The van der Waals surface area contributed by atoms with Crippen molar-refractivity contribution in [3.63, 3.8) is 0 Å². The number of hydrogen-bond donors (Lipinski definition) is 0. The zero-order valence-electron chi connectivity index (χ0n) is 10.6. The summed E-state index contributed by atoms with van der Waals surface area (Å²) in [6, 6.07) is 0. The maximum absolute atomic E-state index is 11.9. The number of unbranched alkanes of at least 4 members (excludes halogenated alkanes) is 1. The van der Waals surface area contributed by atoms with Gasteiger partial charge in [-0.15, -0.1) is 0 Å². The molecule has 0 aliphatic carbocycles. The van der Waals surface area contributed by atoms with E-state index < -0.39 is 14.1 Å². The summed E-state index contributed by atoms with van der Waals surface area (Å²) in [5.74, 6) is -0.290. The topological polar surface area (TPSA) is 43.4 Å². The standard InChI is InChI=1S/C12H23O3P/c1-4-7-10-12(8-5-2,9-6-3)11(13)15-16-14/h4-10H2,1-3H3. The predicted molar refractivity (Wildman–Crippen MR) is 65.5 cm³/mol. The minimum absolute atomic E-state index is 0.290. The number of carbonyl (C=O) groups excluding carboxylic acids is 1. The lowest BCUT2D eigenvalue weighted by Crippen LogP contribution is -2.31. The quantitative estimate of drug-likeness (QED) is 0.562. The molecule has 0 aliphatic heterocycles. The van der Waals surface area contributed by atoms with Crippen molar-refractivity contribution in [1.29, 1.82) is 0 Å². The Morgan fingerprint density at radius 2 is 1.62 bits per heavy atom. The lowest BCUT2D eigenvalue weighted by molar-refractivity contribution is -0.146. The zero-order chi connectivity index (χ0) is 12.4. The van der Waals surface area contributed by atoms with Gasteiger partial charge in [0.25, 0.3) is 0 Å². The summed E-state index contributed by atoms with van der Waals surface area (Å²) < 4.78 is 15.1. The van der Waals surface area contributed by atoms with Crippen molar-refractivity contribution in [3.8, 4) is 0 Å². The highest BCUT2D eigenvalue weighted by molar-refractivity contribution is 7.18. The molecule has 0 spiro atoms. The van der Waals surface area contributed by atoms with Crippen molar-refractivity contribution in [1.82, 2.24) is 0 Å². The molecule has 0 N–H and O–H groups in total. The second-order valence-electron chi connectivity index (χ2n) is 4.34. The van der Waals surface area contributed by atoms with Gasteiger partial charge >= 0.3 is 14.7 Å². The average Bonchev–Trinajstić information content (AvgIpc) is 2.27. The molecule has 0 aromatic carbocycles. The minimum Gasteiger partial charge on any atom is -0.372 e. The van der Waals surface area contributed by atoms with E-state index in [-0.39, 0.29) is 5.97 Å². The maximum atomic E-state index is 11.9. The highest BCUT2D eigenvalue weighted by Gasteiger charge is 2.37. The molecule has 4 heteroatoms. The molecule has 94 valence electrons. The van der Waals surface area contributed by atoms with Crippen LogP contribution >= 0.6 is 8.69 Å². The van der Waals surface area contributed by atoms with Crippen LogP contribution in [0.3, 0.4) is 0 Å². The molecule has 0 fully saturated rings. The van der Waals surface area contributed by atoms with Gasteiger partial charge in [-0.1, -0.05) is 46.5 Å². The molecule has 0 saturated heterocycles. The van der Waals surface area contributed by atoms with Crippen molar-refractivity contribution in [2.45, 2.75) is 65.7 Å². The zero-order valence-corrected chi connectivity index (χ0v) is 11.5. The fourth-order valence-electron chi connectivity index (χ4n) is 2.28. The molecule has 0 aromatic heterocycles. The van der Waals surface area contributed by atoms with E-state index in [0.717, 1.165) is 44.9 Å². The van der Waals surface area contributed by atoms with Crippen molar-refractivity contribution in [3.05, 3.63) is 0 Å². The largest absolute Gasteiger partial charge is 0.398 e. The Hall–Kier alpha value is -0.430. The highest BCUT2D eigenvalue weighted by atomic mass is 31.1. The van der Waals surface area contributed by atoms with Gasteiger partial charge < -0.3 is 4.52 Å². The molecule has 0 amide bonds. The van der Waals surface area contributed by atoms with Gasteiger partial charge in [0.2, 0.25) is 0 Å². The monoisotopic (exact) mass is 246 g/mol. The molecule has 0 rings (SSSR count). The van der Waals surface area contributed by atoms with Crippen LogP contribution < -0.4 is 0 Å². The first kappa shape index (κ1) is 15.6. The van der Waals surface area contributed by atoms with Crippen LogP contribution in [0.4, 0.5) is 0 Å². The van der Waals surface area contributed by atoms with Crippen LogP contribution in [0.15, 0.2) is 0 Å². The Labute approximate surface area is 100 Å². The average molecular weight is 246 g/mol. The summed E-state index contributed by atoms with van der Waals surface area (Å²) in [5.41, 5.74) is -0.406. The van der Waals surface area contributed by atoms with Gasteiger partial charge in [0.1, 0.15) is 0 Å². The van der Waals surface area contributed by atoms with E-state index in [2.05, 4.69) is 25.3 Å². The molecule has 0 aromatic rings. The number of hydrogen-bond acceptors (Lipinski definition) is 3. The molecule has 16 heavy (non-hydrogen) atoms. The number of rotatable bonds is 9. The van der Waals surface area contributed by atoms with Gasteiger partial charge in [-0.05, 0) is 19.3 Å². The fourth-order valence-corrected chi connectivity index (χ4v) is 2.55. The van der Waals surface area contributed by atoms with Crippen LogP contribution in [0.1, 0.15) is 65.7 Å². The summed E-state index contributed by atoms with van der Waals surface area (Å²) >= 11 is 0. The summed E-state index contributed by atoms with van der Waals surface area (Å²) in [5, 5.41) is 0. The highest BCUT2D eigenvalue weighted by Crippen LogP contribution is 2.37. The smallest absolute Gasteiger partial charge is 0.372 e. The van der Waals surface area contributed by atoms with Gasteiger partial charge in [0.15, 0.2) is 0 Å². The Bertz CT molecular complexity index is 210. The molecular weight excluding hydrogens is 223 g/mol. The summed E-state index contributed by atoms with van der Waals surface area (Å²) in [4.78, 5) is 11.9. The molecule has 0 bridgehead atoms. The van der Waals surface area contributed by atoms with E-state index in [4.69, 9.17) is 0 Å². The van der Waals surface area contributed by atoms with Gasteiger partial charge in [0, 0.05) is 0 Å². The lowest BCUT2D eigenvalue weighted by Gasteiger charge is -2.29. The van der Waals surface area contributed by atoms with E-state index in [1.54, 1.807) is 0 Å². The Kier molecular flexibility index (Phi) is 8.46. The summed E-state index contributed by atoms with van der Waals surface area (Å²) in [6.45, 7) is 6.25. The SMILES string of the molecule is CCCCC(CCC)(CCC)C(=O)OP=O. The minimum atomic E-state index is -0.526. The predicted octanol–water partition coefficient (Wildman–Crippen LogP) is 4.51. The van der Waals surface area contributed by atoms with E-state index in [9.17, 15) is 9.36 Å². The van der Waals surface area contributed by atoms with Crippen molar-refractivity contribution in [2.24, 2.45) is 5.41 Å². The van der Waals surface area contributed by atoms with Crippen LogP contribution in [0.25, 0.3) is 0 Å². The van der Waals surface area contributed by atoms with E-state index in [1.807, 2.05) is 0 Å². The second kappa shape index (κ2) is 8.69. The van der Waals surface area contributed by atoms with Crippen molar-refractivity contribution < 1.29 is 13.9 Å². The van der Waals surface area contributed by atoms with Gasteiger partial charge in [0.05, 0.1) is 5.41 Å². The van der Waals surface area contributed by atoms with E-state index in [1.165, 1.54) is 0 Å². The molecule has 0 heterocycles. The summed E-state index contributed by atoms with van der Waals surface area (Å²) in [7, 11) is -0.526. The number of carbonyl (C=O) groups is 1.